The molecule has 4 nitrogen and oxygen atoms in total. The number of hydrogen-bond acceptors (Lipinski definition) is 3. The third-order valence-corrected chi connectivity index (χ3v) is 4.48. The number of nitrogens with one attached hydrogen (secondary N) is 2. The van der Waals surface area contributed by atoms with Crippen molar-refractivity contribution >= 4 is 23.2 Å². The van der Waals surface area contributed by atoms with Crippen LogP contribution in [0, 0.1) is 0 Å². The molecular weight excluding hydrogens is 332 g/mol. The lowest BCUT2D eigenvalue weighted by molar-refractivity contribution is 0.0972. The van der Waals surface area contributed by atoms with Crippen LogP contribution in [0.5, 0.6) is 5.75 Å². The van der Waals surface area contributed by atoms with Crippen LogP contribution < -0.4 is 15.4 Å². The fraction of sp³-hybridized carbons (Fsp3) is 0.500. The number of hydrogen-bond donors (Lipinski definition) is 2. The highest BCUT2D eigenvalue weighted by molar-refractivity contribution is 7.80. The smallest absolute Gasteiger partial charge is 0.261 e. The van der Waals surface area contributed by atoms with Gasteiger partial charge in [-0.1, -0.05) is 37.1 Å². The van der Waals surface area contributed by atoms with Gasteiger partial charge >= 0.3 is 0 Å². The van der Waals surface area contributed by atoms with E-state index in [9.17, 15) is 4.79 Å². The van der Waals surface area contributed by atoms with Gasteiger partial charge in [-0.2, -0.15) is 0 Å². The first-order valence-electron chi connectivity index (χ1n) is 9.19. The maximum absolute atomic E-state index is 12.4. The summed E-state index contributed by atoms with van der Waals surface area (Å²) in [6, 6.07) is 7.27. The van der Waals surface area contributed by atoms with Gasteiger partial charge in [-0.05, 0) is 62.9 Å². The molecule has 1 aliphatic carbocycles. The van der Waals surface area contributed by atoms with Crippen LogP contribution >= 0.6 is 12.2 Å². The molecule has 0 bridgehead atoms. The zero-order valence-corrected chi connectivity index (χ0v) is 15.8. The van der Waals surface area contributed by atoms with Crippen molar-refractivity contribution in [3.05, 3.63) is 41.5 Å². The first kappa shape index (κ1) is 19.4. The van der Waals surface area contributed by atoms with Crippen LogP contribution in [0.2, 0.25) is 0 Å². The van der Waals surface area contributed by atoms with Crippen molar-refractivity contribution in [2.45, 2.75) is 51.9 Å². The van der Waals surface area contributed by atoms with E-state index in [4.69, 9.17) is 17.0 Å². The van der Waals surface area contributed by atoms with Gasteiger partial charge in [0, 0.05) is 6.54 Å². The molecule has 0 aliphatic heterocycles. The third kappa shape index (κ3) is 6.86. The summed E-state index contributed by atoms with van der Waals surface area (Å²) in [4.78, 5) is 12.4. The Morgan fingerprint density at radius 3 is 2.88 bits per heavy atom. The summed E-state index contributed by atoms with van der Waals surface area (Å²) in [5, 5.41) is 6.23. The van der Waals surface area contributed by atoms with Crippen LogP contribution in [0.15, 0.2) is 35.9 Å². The largest absolute Gasteiger partial charge is 0.493 e. The number of ether oxygens (including phenoxy) is 1. The lowest BCUT2D eigenvalue weighted by Crippen LogP contribution is -2.39. The Morgan fingerprint density at radius 2 is 2.12 bits per heavy atom. The molecule has 0 unspecified atom stereocenters. The van der Waals surface area contributed by atoms with Gasteiger partial charge < -0.3 is 10.1 Å². The number of amides is 1. The molecule has 1 aliphatic rings. The quantitative estimate of drug-likeness (QED) is 0.411. The fourth-order valence-corrected chi connectivity index (χ4v) is 2.98. The summed E-state index contributed by atoms with van der Waals surface area (Å²) in [6.45, 7) is 3.47. The van der Waals surface area contributed by atoms with Crippen molar-refractivity contribution in [2.75, 3.05) is 13.2 Å². The molecule has 1 aromatic carbocycles. The van der Waals surface area contributed by atoms with E-state index in [0.717, 1.165) is 25.8 Å². The molecule has 1 amide bonds. The average Bonchev–Trinajstić information content (AvgIpc) is 2.63. The van der Waals surface area contributed by atoms with Crippen LogP contribution in [-0.4, -0.2) is 24.2 Å². The molecule has 136 valence electrons. The van der Waals surface area contributed by atoms with Gasteiger partial charge in [-0.15, -0.1) is 0 Å². The van der Waals surface area contributed by atoms with E-state index in [2.05, 4.69) is 23.6 Å². The zero-order valence-electron chi connectivity index (χ0n) is 15.0. The van der Waals surface area contributed by atoms with Gasteiger partial charge in [0.15, 0.2) is 5.11 Å². The SMILES string of the molecule is CCCCOc1ccccc1C(=O)NC(=S)NCCC1=CCCCC1. The molecule has 0 atom stereocenters. The van der Waals surface area contributed by atoms with Crippen molar-refractivity contribution in [1.29, 1.82) is 0 Å². The summed E-state index contributed by atoms with van der Waals surface area (Å²) in [5.41, 5.74) is 2.00. The number of allylic oxidation sites excluding steroid dienone is 1. The molecule has 0 fully saturated rings. The molecule has 0 radical (unpaired) electrons. The summed E-state index contributed by atoms with van der Waals surface area (Å²) in [7, 11) is 0. The van der Waals surface area contributed by atoms with Gasteiger partial charge in [-0.25, -0.2) is 0 Å². The Balaban J connectivity index is 1.80. The van der Waals surface area contributed by atoms with Crippen molar-refractivity contribution < 1.29 is 9.53 Å². The first-order chi connectivity index (χ1) is 12.2. The lowest BCUT2D eigenvalue weighted by atomic mass is 9.97. The Morgan fingerprint density at radius 1 is 1.28 bits per heavy atom. The Kier molecular flexibility index (Phi) is 8.46. The molecule has 5 heteroatoms. The highest BCUT2D eigenvalue weighted by Gasteiger charge is 2.13. The second-order valence-corrected chi connectivity index (χ2v) is 6.67. The topological polar surface area (TPSA) is 50.4 Å². The van der Waals surface area contributed by atoms with Gasteiger partial charge in [0.2, 0.25) is 0 Å². The predicted molar refractivity (Wildman–Crippen MR) is 106 cm³/mol. The normalized spacial score (nSPS) is 13.7. The molecule has 2 N–H and O–H groups in total. The molecule has 25 heavy (non-hydrogen) atoms. The minimum atomic E-state index is -0.235. The highest BCUT2D eigenvalue weighted by atomic mass is 32.1. The molecule has 2 rings (SSSR count). The van der Waals surface area contributed by atoms with Gasteiger partial charge in [0.1, 0.15) is 5.75 Å². The molecular formula is C20H28N2O2S. The van der Waals surface area contributed by atoms with E-state index < -0.39 is 0 Å². The van der Waals surface area contributed by atoms with Crippen LogP contribution in [0.3, 0.4) is 0 Å². The van der Waals surface area contributed by atoms with Crippen molar-refractivity contribution in [2.24, 2.45) is 0 Å². The number of carbonyl (C=O) groups is 1. The highest BCUT2D eigenvalue weighted by Crippen LogP contribution is 2.20. The third-order valence-electron chi connectivity index (χ3n) is 4.23. The molecule has 0 aromatic heterocycles. The molecule has 0 heterocycles. The molecule has 0 spiro atoms. The van der Waals surface area contributed by atoms with Crippen LogP contribution in [-0.2, 0) is 0 Å². The molecule has 0 saturated heterocycles. The van der Waals surface area contributed by atoms with E-state index >= 15 is 0 Å². The van der Waals surface area contributed by atoms with Crippen LogP contribution in [0.25, 0.3) is 0 Å². The summed E-state index contributed by atoms with van der Waals surface area (Å²) in [6.07, 6.45) is 10.3. The number of para-hydroxylation sites is 1. The van der Waals surface area contributed by atoms with E-state index in [0.29, 0.717) is 23.0 Å². The second-order valence-electron chi connectivity index (χ2n) is 6.27. The number of carbonyl (C=O) groups excluding carboxylic acids is 1. The monoisotopic (exact) mass is 360 g/mol. The summed E-state index contributed by atoms with van der Waals surface area (Å²) in [5.74, 6) is 0.366. The van der Waals surface area contributed by atoms with E-state index in [-0.39, 0.29) is 5.91 Å². The van der Waals surface area contributed by atoms with E-state index in [1.165, 1.54) is 31.3 Å². The van der Waals surface area contributed by atoms with Crippen LogP contribution in [0.1, 0.15) is 62.2 Å². The number of unbranched alkanes of at least 4 members (excludes halogenated alkanes) is 1. The molecule has 1 aromatic rings. The lowest BCUT2D eigenvalue weighted by Gasteiger charge is -2.15. The van der Waals surface area contributed by atoms with E-state index in [1.807, 2.05) is 18.2 Å². The number of thiocarbonyl (C=S) groups is 1. The zero-order chi connectivity index (χ0) is 17.9. The average molecular weight is 361 g/mol. The summed E-state index contributed by atoms with van der Waals surface area (Å²) < 4.78 is 5.71. The van der Waals surface area contributed by atoms with Gasteiger partial charge in [-0.3, -0.25) is 10.1 Å². The minimum Gasteiger partial charge on any atom is -0.493 e. The number of benzene rings is 1. The summed E-state index contributed by atoms with van der Waals surface area (Å²) >= 11 is 5.24. The Labute approximate surface area is 156 Å². The van der Waals surface area contributed by atoms with Crippen molar-refractivity contribution in [3.63, 3.8) is 0 Å². The fourth-order valence-electron chi connectivity index (χ4n) is 2.79. The molecule has 0 saturated carbocycles. The standard InChI is InChI=1S/C20H28N2O2S/c1-2-3-15-24-18-12-8-7-11-17(18)19(23)22-20(25)21-14-13-16-9-5-4-6-10-16/h7-9,11-12H,2-6,10,13-15H2,1H3,(H2,21,22,23,25). The van der Waals surface area contributed by atoms with Crippen molar-refractivity contribution in [1.82, 2.24) is 10.6 Å². The first-order valence-corrected chi connectivity index (χ1v) is 9.60. The second kappa shape index (κ2) is 10.9. The van der Waals surface area contributed by atoms with E-state index in [1.54, 1.807) is 6.07 Å². The van der Waals surface area contributed by atoms with Crippen molar-refractivity contribution in [3.8, 4) is 5.75 Å². The Hall–Kier alpha value is -1.88. The maximum Gasteiger partial charge on any atom is 0.261 e. The van der Waals surface area contributed by atoms with Gasteiger partial charge in [0.25, 0.3) is 5.91 Å². The van der Waals surface area contributed by atoms with Crippen LogP contribution in [0.4, 0.5) is 0 Å². The Bertz CT molecular complexity index is 613. The number of rotatable bonds is 8. The predicted octanol–water partition coefficient (Wildman–Crippen LogP) is 4.36. The maximum atomic E-state index is 12.4. The minimum absolute atomic E-state index is 0.235. The van der Waals surface area contributed by atoms with Gasteiger partial charge in [0.05, 0.1) is 12.2 Å².